The Kier molecular flexibility index (Phi) is 3.65. The summed E-state index contributed by atoms with van der Waals surface area (Å²) in [6.07, 6.45) is 0.623. The second-order valence-electron chi connectivity index (χ2n) is 5.79. The Bertz CT molecular complexity index is 1070. The maximum absolute atomic E-state index is 14.0. The molecule has 0 unspecified atom stereocenters. The van der Waals surface area contributed by atoms with E-state index in [-0.39, 0.29) is 16.5 Å². The smallest absolute Gasteiger partial charge is 0.152 e. The van der Waals surface area contributed by atoms with Crippen LogP contribution in [0, 0.1) is 11.6 Å². The van der Waals surface area contributed by atoms with Crippen molar-refractivity contribution in [3.05, 3.63) is 83.9 Å². The van der Waals surface area contributed by atoms with Gasteiger partial charge in [0.15, 0.2) is 6.29 Å². The van der Waals surface area contributed by atoms with Crippen LogP contribution in [0.5, 0.6) is 0 Å². The summed E-state index contributed by atoms with van der Waals surface area (Å²) in [5.41, 5.74) is 3.71. The van der Waals surface area contributed by atoms with Crippen LogP contribution in [0.1, 0.15) is 10.4 Å². The molecule has 0 saturated carbocycles. The van der Waals surface area contributed by atoms with E-state index in [1.54, 1.807) is 0 Å². The van der Waals surface area contributed by atoms with E-state index >= 15 is 0 Å². The molecular formula is C21H13F2NO. The maximum Gasteiger partial charge on any atom is 0.152 e. The lowest BCUT2D eigenvalue weighted by atomic mass is 10.0. The van der Waals surface area contributed by atoms with Gasteiger partial charge in [0.25, 0.3) is 0 Å². The average molecular weight is 333 g/mol. The normalized spacial score (nSPS) is 11.0. The van der Waals surface area contributed by atoms with Gasteiger partial charge in [0.2, 0.25) is 0 Å². The highest BCUT2D eigenvalue weighted by molar-refractivity contribution is 6.04. The van der Waals surface area contributed by atoms with Crippen molar-refractivity contribution in [2.45, 2.75) is 0 Å². The lowest BCUT2D eigenvalue weighted by molar-refractivity contribution is 0.112. The molecule has 0 fully saturated rings. The lowest BCUT2D eigenvalue weighted by Crippen LogP contribution is -1.85. The minimum Gasteiger partial charge on any atom is -0.352 e. The van der Waals surface area contributed by atoms with Gasteiger partial charge in [-0.05, 0) is 22.8 Å². The summed E-state index contributed by atoms with van der Waals surface area (Å²) >= 11 is 0. The summed E-state index contributed by atoms with van der Waals surface area (Å²) in [7, 11) is 0. The number of benzene rings is 3. The number of nitrogens with one attached hydrogen (secondary N) is 1. The average Bonchev–Trinajstić information content (AvgIpc) is 3.01. The van der Waals surface area contributed by atoms with Crippen LogP contribution in [0.2, 0.25) is 0 Å². The molecule has 0 aliphatic heterocycles. The van der Waals surface area contributed by atoms with Crippen LogP contribution in [0.3, 0.4) is 0 Å². The van der Waals surface area contributed by atoms with Crippen LogP contribution in [0.25, 0.3) is 33.3 Å². The van der Waals surface area contributed by atoms with E-state index in [1.807, 2.05) is 54.6 Å². The number of rotatable bonds is 3. The highest BCUT2D eigenvalue weighted by atomic mass is 19.1. The number of hydrogen-bond acceptors (Lipinski definition) is 1. The van der Waals surface area contributed by atoms with Gasteiger partial charge in [-0.25, -0.2) is 8.78 Å². The number of carbonyl (C=O) groups is 1. The fraction of sp³-hybridized carbons (Fsp3) is 0. The first-order valence-electron chi connectivity index (χ1n) is 7.79. The van der Waals surface area contributed by atoms with Crippen molar-refractivity contribution in [2.75, 3.05) is 0 Å². The van der Waals surface area contributed by atoms with Gasteiger partial charge in [0, 0.05) is 17.0 Å². The SMILES string of the molecule is O=Cc1c(-c2ccc(-c3ccccc3)cc2)[nH]c2c(F)cc(F)cc12. The molecule has 1 N–H and O–H groups in total. The van der Waals surface area contributed by atoms with Gasteiger partial charge in [0.1, 0.15) is 11.6 Å². The molecule has 0 amide bonds. The van der Waals surface area contributed by atoms with Crippen molar-refractivity contribution < 1.29 is 13.6 Å². The minimum atomic E-state index is -0.717. The second-order valence-corrected chi connectivity index (χ2v) is 5.79. The predicted octanol–water partition coefficient (Wildman–Crippen LogP) is 5.59. The Balaban J connectivity index is 1.85. The van der Waals surface area contributed by atoms with E-state index in [2.05, 4.69) is 4.98 Å². The molecule has 122 valence electrons. The summed E-state index contributed by atoms with van der Waals surface area (Å²) in [5.74, 6) is -1.43. The lowest BCUT2D eigenvalue weighted by Gasteiger charge is -2.04. The Morgan fingerprint density at radius 1 is 0.800 bits per heavy atom. The van der Waals surface area contributed by atoms with Crippen LogP contribution < -0.4 is 0 Å². The number of hydrogen-bond donors (Lipinski definition) is 1. The zero-order valence-corrected chi connectivity index (χ0v) is 13.1. The molecule has 0 atom stereocenters. The summed E-state index contributed by atoms with van der Waals surface area (Å²) in [5, 5.41) is 0.245. The predicted molar refractivity (Wildman–Crippen MR) is 94.5 cm³/mol. The van der Waals surface area contributed by atoms with Crippen molar-refractivity contribution in [1.82, 2.24) is 4.98 Å². The molecule has 2 nitrogen and oxygen atoms in total. The summed E-state index contributed by atoms with van der Waals surface area (Å²) in [4.78, 5) is 14.4. The first-order valence-corrected chi connectivity index (χ1v) is 7.79. The number of carbonyl (C=O) groups excluding carboxylic acids is 1. The van der Waals surface area contributed by atoms with Crippen LogP contribution in [-0.2, 0) is 0 Å². The zero-order valence-electron chi connectivity index (χ0n) is 13.1. The Labute approximate surface area is 142 Å². The maximum atomic E-state index is 14.0. The molecule has 0 spiro atoms. The Morgan fingerprint density at radius 2 is 1.44 bits per heavy atom. The van der Waals surface area contributed by atoms with Gasteiger partial charge in [-0.15, -0.1) is 0 Å². The standard InChI is InChI=1S/C21H13F2NO/c22-16-10-17-18(12-25)20(24-21(17)19(23)11-16)15-8-6-14(7-9-15)13-4-2-1-3-5-13/h1-12,24H. The molecule has 0 aliphatic rings. The number of aromatic amines is 1. The molecule has 0 aliphatic carbocycles. The van der Waals surface area contributed by atoms with Gasteiger partial charge in [-0.3, -0.25) is 4.79 Å². The molecule has 0 saturated heterocycles. The number of aromatic nitrogens is 1. The van der Waals surface area contributed by atoms with E-state index in [4.69, 9.17) is 0 Å². The first-order chi connectivity index (χ1) is 12.2. The van der Waals surface area contributed by atoms with Crippen molar-refractivity contribution in [1.29, 1.82) is 0 Å². The number of H-pyrrole nitrogens is 1. The van der Waals surface area contributed by atoms with Crippen LogP contribution in [0.15, 0.2) is 66.7 Å². The van der Waals surface area contributed by atoms with E-state index in [0.717, 1.165) is 22.8 Å². The van der Waals surface area contributed by atoms with E-state index in [9.17, 15) is 13.6 Å². The largest absolute Gasteiger partial charge is 0.352 e. The van der Waals surface area contributed by atoms with Crippen molar-refractivity contribution in [3.63, 3.8) is 0 Å². The van der Waals surface area contributed by atoms with Gasteiger partial charge in [-0.2, -0.15) is 0 Å². The third-order valence-electron chi connectivity index (χ3n) is 4.26. The molecule has 25 heavy (non-hydrogen) atoms. The zero-order chi connectivity index (χ0) is 17.4. The van der Waals surface area contributed by atoms with Gasteiger partial charge in [0.05, 0.1) is 11.2 Å². The highest BCUT2D eigenvalue weighted by Crippen LogP contribution is 2.32. The molecule has 1 aromatic heterocycles. The highest BCUT2D eigenvalue weighted by Gasteiger charge is 2.16. The van der Waals surface area contributed by atoms with E-state index < -0.39 is 11.6 Å². The number of fused-ring (bicyclic) bond motifs is 1. The first kappa shape index (κ1) is 15.3. The topological polar surface area (TPSA) is 32.9 Å². The molecule has 0 radical (unpaired) electrons. The summed E-state index contributed by atoms with van der Waals surface area (Å²) in [6.45, 7) is 0. The van der Waals surface area contributed by atoms with Gasteiger partial charge < -0.3 is 4.98 Å². The van der Waals surface area contributed by atoms with Crippen molar-refractivity contribution in [2.24, 2.45) is 0 Å². The molecule has 4 heteroatoms. The minimum absolute atomic E-state index is 0.130. The van der Waals surface area contributed by atoms with Crippen molar-refractivity contribution in [3.8, 4) is 22.4 Å². The van der Waals surface area contributed by atoms with Crippen LogP contribution in [0.4, 0.5) is 8.78 Å². The monoisotopic (exact) mass is 333 g/mol. The van der Waals surface area contributed by atoms with Gasteiger partial charge >= 0.3 is 0 Å². The Morgan fingerprint density at radius 3 is 2.12 bits per heavy atom. The quantitative estimate of drug-likeness (QED) is 0.487. The van der Waals surface area contributed by atoms with Crippen LogP contribution in [-0.4, -0.2) is 11.3 Å². The summed E-state index contributed by atoms with van der Waals surface area (Å²) < 4.78 is 27.5. The fourth-order valence-electron chi connectivity index (χ4n) is 3.05. The fourth-order valence-corrected chi connectivity index (χ4v) is 3.05. The Hall–Kier alpha value is -3.27. The van der Waals surface area contributed by atoms with Gasteiger partial charge in [-0.1, -0.05) is 54.6 Å². The van der Waals surface area contributed by atoms with Crippen molar-refractivity contribution >= 4 is 17.2 Å². The number of aldehydes is 1. The molecule has 3 aromatic carbocycles. The third kappa shape index (κ3) is 2.62. The molecule has 1 heterocycles. The third-order valence-corrected chi connectivity index (χ3v) is 4.26. The van der Waals surface area contributed by atoms with E-state index in [0.29, 0.717) is 12.0 Å². The summed E-state index contributed by atoms with van der Waals surface area (Å²) in [6, 6.07) is 19.4. The molecule has 4 aromatic rings. The second kappa shape index (κ2) is 5.98. The number of halogens is 2. The molecular weight excluding hydrogens is 320 g/mol. The van der Waals surface area contributed by atoms with E-state index in [1.165, 1.54) is 6.07 Å². The molecule has 0 bridgehead atoms. The van der Waals surface area contributed by atoms with Crippen LogP contribution >= 0.6 is 0 Å². The molecule has 4 rings (SSSR count).